The number of hydrogen-bond acceptors (Lipinski definition) is 5. The average molecular weight is 347 g/mol. The zero-order valence-electron chi connectivity index (χ0n) is 12.6. The second kappa shape index (κ2) is 6.80. The van der Waals surface area contributed by atoms with Crippen molar-refractivity contribution in [3.63, 3.8) is 0 Å². The van der Waals surface area contributed by atoms with Gasteiger partial charge in [0.15, 0.2) is 6.10 Å². The third-order valence-corrected chi connectivity index (χ3v) is 3.46. The molecule has 0 amide bonds. The highest BCUT2D eigenvalue weighted by Gasteiger charge is 2.20. The van der Waals surface area contributed by atoms with E-state index >= 15 is 0 Å². The summed E-state index contributed by atoms with van der Waals surface area (Å²) in [7, 11) is 0. The summed E-state index contributed by atoms with van der Waals surface area (Å²) >= 11 is 5.85. The SMILES string of the molecule is C[C@@H](OC(=O)c1cccc(Cl)c1)c1nnc(-c2ccc(F)cc2)o1. The van der Waals surface area contributed by atoms with Crippen LogP contribution in [-0.2, 0) is 4.74 Å². The van der Waals surface area contributed by atoms with Crippen molar-refractivity contribution in [1.29, 1.82) is 0 Å². The van der Waals surface area contributed by atoms with Gasteiger partial charge in [0, 0.05) is 10.6 Å². The van der Waals surface area contributed by atoms with Crippen LogP contribution in [0.3, 0.4) is 0 Å². The largest absolute Gasteiger partial charge is 0.449 e. The lowest BCUT2D eigenvalue weighted by Gasteiger charge is -2.09. The van der Waals surface area contributed by atoms with E-state index in [1.807, 2.05) is 0 Å². The summed E-state index contributed by atoms with van der Waals surface area (Å²) in [5.74, 6) is -0.547. The molecule has 24 heavy (non-hydrogen) atoms. The van der Waals surface area contributed by atoms with E-state index in [1.165, 1.54) is 30.3 Å². The summed E-state index contributed by atoms with van der Waals surface area (Å²) in [6.07, 6.45) is -0.738. The Morgan fingerprint density at radius 3 is 2.67 bits per heavy atom. The lowest BCUT2D eigenvalue weighted by atomic mass is 10.2. The fourth-order valence-electron chi connectivity index (χ4n) is 2.00. The second-order valence-corrected chi connectivity index (χ2v) is 5.45. The molecule has 122 valence electrons. The Balaban J connectivity index is 1.73. The molecule has 0 radical (unpaired) electrons. The number of carbonyl (C=O) groups is 1. The molecule has 3 aromatic rings. The van der Waals surface area contributed by atoms with Crippen molar-refractivity contribution in [2.75, 3.05) is 0 Å². The second-order valence-electron chi connectivity index (χ2n) is 5.01. The van der Waals surface area contributed by atoms with Crippen molar-refractivity contribution in [3.8, 4) is 11.5 Å². The van der Waals surface area contributed by atoms with E-state index in [1.54, 1.807) is 25.1 Å². The maximum Gasteiger partial charge on any atom is 0.338 e. The number of hydrogen-bond donors (Lipinski definition) is 0. The molecule has 0 saturated heterocycles. The van der Waals surface area contributed by atoms with Crippen molar-refractivity contribution >= 4 is 17.6 Å². The molecule has 7 heteroatoms. The zero-order valence-corrected chi connectivity index (χ0v) is 13.3. The first-order chi connectivity index (χ1) is 11.5. The molecule has 0 N–H and O–H groups in total. The van der Waals surface area contributed by atoms with Gasteiger partial charge in [0.1, 0.15) is 5.82 Å². The van der Waals surface area contributed by atoms with Crippen LogP contribution in [0.1, 0.15) is 29.3 Å². The van der Waals surface area contributed by atoms with Crippen LogP contribution in [0, 0.1) is 5.82 Å². The van der Waals surface area contributed by atoms with Gasteiger partial charge < -0.3 is 9.15 Å². The molecule has 0 spiro atoms. The maximum absolute atomic E-state index is 12.9. The normalized spacial score (nSPS) is 12.0. The number of aromatic nitrogens is 2. The molecular formula is C17H12ClFN2O3. The minimum atomic E-state index is -0.738. The van der Waals surface area contributed by atoms with E-state index in [4.69, 9.17) is 20.8 Å². The molecule has 0 aliphatic heterocycles. The van der Waals surface area contributed by atoms with Crippen molar-refractivity contribution in [3.05, 3.63) is 70.8 Å². The van der Waals surface area contributed by atoms with E-state index in [2.05, 4.69) is 10.2 Å². The lowest BCUT2D eigenvalue weighted by molar-refractivity contribution is 0.0280. The van der Waals surface area contributed by atoms with Crippen molar-refractivity contribution in [1.82, 2.24) is 10.2 Å². The van der Waals surface area contributed by atoms with Crippen molar-refractivity contribution < 1.29 is 18.3 Å². The number of ether oxygens (including phenoxy) is 1. The van der Waals surface area contributed by atoms with Crippen LogP contribution < -0.4 is 0 Å². The Kier molecular flexibility index (Phi) is 4.57. The fraction of sp³-hybridized carbons (Fsp3) is 0.118. The Morgan fingerprint density at radius 1 is 1.21 bits per heavy atom. The summed E-state index contributed by atoms with van der Waals surface area (Å²) in [4.78, 5) is 12.1. The van der Waals surface area contributed by atoms with Crippen molar-refractivity contribution in [2.45, 2.75) is 13.0 Å². The standard InChI is InChI=1S/C17H12ClFN2O3/c1-10(23-17(22)12-3-2-4-13(18)9-12)15-20-21-16(24-15)11-5-7-14(19)8-6-11/h2-10H,1H3/t10-/m1/s1. The van der Waals surface area contributed by atoms with Crippen LogP contribution in [0.2, 0.25) is 5.02 Å². The minimum Gasteiger partial charge on any atom is -0.449 e. The van der Waals surface area contributed by atoms with E-state index in [0.717, 1.165) is 0 Å². The van der Waals surface area contributed by atoms with Crippen LogP contribution >= 0.6 is 11.6 Å². The molecule has 2 aromatic carbocycles. The van der Waals surface area contributed by atoms with Crippen LogP contribution in [0.5, 0.6) is 0 Å². The Morgan fingerprint density at radius 2 is 1.96 bits per heavy atom. The van der Waals surface area contributed by atoms with Crippen LogP contribution in [-0.4, -0.2) is 16.2 Å². The van der Waals surface area contributed by atoms with E-state index in [-0.39, 0.29) is 17.6 Å². The van der Waals surface area contributed by atoms with Gasteiger partial charge in [-0.1, -0.05) is 17.7 Å². The molecule has 0 saturated carbocycles. The molecule has 3 rings (SSSR count). The Hall–Kier alpha value is -2.73. The molecule has 0 unspecified atom stereocenters. The van der Waals surface area contributed by atoms with Crippen molar-refractivity contribution in [2.24, 2.45) is 0 Å². The van der Waals surface area contributed by atoms with Crippen LogP contribution in [0.15, 0.2) is 52.9 Å². The smallest absolute Gasteiger partial charge is 0.338 e. The fourth-order valence-corrected chi connectivity index (χ4v) is 2.19. The van der Waals surface area contributed by atoms with Gasteiger partial charge in [-0.3, -0.25) is 0 Å². The van der Waals surface area contributed by atoms with Crippen LogP contribution in [0.4, 0.5) is 4.39 Å². The molecule has 1 aromatic heterocycles. The first-order valence-electron chi connectivity index (χ1n) is 7.09. The molecule has 1 atom stereocenters. The monoisotopic (exact) mass is 346 g/mol. The van der Waals surface area contributed by atoms with Gasteiger partial charge in [-0.25, -0.2) is 9.18 Å². The van der Waals surface area contributed by atoms with Gasteiger partial charge >= 0.3 is 5.97 Å². The predicted molar refractivity (Wildman–Crippen MR) is 85.0 cm³/mol. The lowest BCUT2D eigenvalue weighted by Crippen LogP contribution is -2.09. The molecule has 5 nitrogen and oxygen atoms in total. The van der Waals surface area contributed by atoms with Gasteiger partial charge in [-0.2, -0.15) is 0 Å². The van der Waals surface area contributed by atoms with Gasteiger partial charge in [-0.05, 0) is 49.4 Å². The number of halogens is 2. The minimum absolute atomic E-state index is 0.143. The summed E-state index contributed by atoms with van der Waals surface area (Å²) in [5, 5.41) is 8.18. The molecule has 0 aliphatic rings. The zero-order chi connectivity index (χ0) is 17.1. The highest BCUT2D eigenvalue weighted by atomic mass is 35.5. The quantitative estimate of drug-likeness (QED) is 0.653. The van der Waals surface area contributed by atoms with E-state index in [9.17, 15) is 9.18 Å². The molecule has 0 fully saturated rings. The van der Waals surface area contributed by atoms with Gasteiger partial charge in [0.25, 0.3) is 5.89 Å². The van der Waals surface area contributed by atoms with E-state index < -0.39 is 12.1 Å². The first kappa shape index (κ1) is 16.1. The number of rotatable bonds is 4. The van der Waals surface area contributed by atoms with E-state index in [0.29, 0.717) is 16.1 Å². The number of nitrogens with zero attached hydrogens (tertiary/aromatic N) is 2. The number of carbonyl (C=O) groups excluding carboxylic acids is 1. The third kappa shape index (κ3) is 3.60. The number of esters is 1. The Bertz CT molecular complexity index is 864. The first-order valence-corrected chi connectivity index (χ1v) is 7.46. The summed E-state index contributed by atoms with van der Waals surface area (Å²) in [6.45, 7) is 1.62. The average Bonchev–Trinajstić information content (AvgIpc) is 3.05. The Labute approximate surface area is 142 Å². The van der Waals surface area contributed by atoms with Gasteiger partial charge in [0.05, 0.1) is 5.56 Å². The third-order valence-electron chi connectivity index (χ3n) is 3.22. The number of benzene rings is 2. The highest BCUT2D eigenvalue weighted by Crippen LogP contribution is 2.23. The molecule has 1 heterocycles. The molecule has 0 aliphatic carbocycles. The molecule has 0 bridgehead atoms. The summed E-state index contributed by atoms with van der Waals surface area (Å²) in [6, 6.07) is 12.1. The van der Waals surface area contributed by atoms with Gasteiger partial charge in [0.2, 0.25) is 5.89 Å². The summed E-state index contributed by atoms with van der Waals surface area (Å²) < 4.78 is 23.7. The highest BCUT2D eigenvalue weighted by molar-refractivity contribution is 6.30. The molecular weight excluding hydrogens is 335 g/mol. The van der Waals surface area contributed by atoms with Gasteiger partial charge in [-0.15, -0.1) is 10.2 Å². The van der Waals surface area contributed by atoms with Crippen LogP contribution in [0.25, 0.3) is 11.5 Å². The summed E-state index contributed by atoms with van der Waals surface area (Å²) in [5.41, 5.74) is 0.899. The topological polar surface area (TPSA) is 65.2 Å². The maximum atomic E-state index is 12.9. The predicted octanol–water partition coefficient (Wildman–Crippen LogP) is 4.45.